The zero-order chi connectivity index (χ0) is 18.0. The lowest BCUT2D eigenvalue weighted by Gasteiger charge is -2.40. The van der Waals surface area contributed by atoms with Crippen molar-refractivity contribution in [1.29, 1.82) is 0 Å². The van der Waals surface area contributed by atoms with Gasteiger partial charge in [0, 0.05) is 32.2 Å². The number of nitrogens with zero attached hydrogens (tertiary/aromatic N) is 2. The molecule has 25 heavy (non-hydrogen) atoms. The van der Waals surface area contributed by atoms with Gasteiger partial charge >= 0.3 is 0 Å². The van der Waals surface area contributed by atoms with Gasteiger partial charge in [0.25, 0.3) is 0 Å². The van der Waals surface area contributed by atoms with E-state index in [-0.39, 0.29) is 17.9 Å². The van der Waals surface area contributed by atoms with Gasteiger partial charge in [-0.15, -0.1) is 0 Å². The van der Waals surface area contributed by atoms with Crippen molar-refractivity contribution in [3.05, 3.63) is 29.8 Å². The quantitative estimate of drug-likeness (QED) is 0.876. The van der Waals surface area contributed by atoms with Gasteiger partial charge in [-0.25, -0.2) is 8.42 Å². The fourth-order valence-corrected chi connectivity index (χ4v) is 5.60. The molecule has 0 saturated carbocycles. The average molecular weight is 365 g/mol. The summed E-state index contributed by atoms with van der Waals surface area (Å²) in [4.78, 5) is 14.4. The van der Waals surface area contributed by atoms with Gasteiger partial charge in [0.1, 0.15) is 0 Å². The van der Waals surface area contributed by atoms with E-state index in [2.05, 4.69) is 5.32 Å². The minimum absolute atomic E-state index is 0.0238. The van der Waals surface area contributed by atoms with Crippen LogP contribution in [0.5, 0.6) is 0 Å². The van der Waals surface area contributed by atoms with Gasteiger partial charge in [-0.3, -0.25) is 4.79 Å². The molecule has 0 aromatic heterocycles. The normalized spacial score (nSPS) is 23.2. The molecule has 1 atom stereocenters. The molecule has 2 aliphatic heterocycles. The number of amides is 1. The summed E-state index contributed by atoms with van der Waals surface area (Å²) in [5.41, 5.74) is 0.850. The van der Waals surface area contributed by atoms with Crippen LogP contribution in [-0.2, 0) is 14.8 Å². The van der Waals surface area contributed by atoms with Crippen molar-refractivity contribution in [2.75, 3.05) is 32.7 Å². The van der Waals surface area contributed by atoms with E-state index in [1.165, 1.54) is 0 Å². The van der Waals surface area contributed by atoms with Gasteiger partial charge in [-0.1, -0.05) is 32.0 Å². The Balaban J connectivity index is 1.84. The first kappa shape index (κ1) is 18.4. The average Bonchev–Trinajstić information content (AvgIpc) is 2.62. The number of piperidine rings is 1. The summed E-state index contributed by atoms with van der Waals surface area (Å²) >= 11 is 0. The number of carbonyl (C=O) groups is 1. The van der Waals surface area contributed by atoms with Gasteiger partial charge in [0.2, 0.25) is 15.9 Å². The van der Waals surface area contributed by atoms with E-state index < -0.39 is 10.0 Å². The van der Waals surface area contributed by atoms with Crippen LogP contribution in [0.4, 0.5) is 0 Å². The topological polar surface area (TPSA) is 69.7 Å². The first-order valence-electron chi connectivity index (χ1n) is 9.00. The van der Waals surface area contributed by atoms with Crippen molar-refractivity contribution >= 4 is 15.9 Å². The summed E-state index contributed by atoms with van der Waals surface area (Å²) in [5.74, 6) is 0.208. The molecule has 138 valence electrons. The summed E-state index contributed by atoms with van der Waals surface area (Å²) < 4.78 is 28.0. The first-order valence-corrected chi connectivity index (χ1v) is 10.4. The lowest BCUT2D eigenvalue weighted by atomic mass is 10.0. The van der Waals surface area contributed by atoms with Crippen molar-refractivity contribution in [2.45, 2.75) is 43.5 Å². The third-order valence-corrected chi connectivity index (χ3v) is 7.02. The molecule has 1 amide bonds. The molecular formula is C18H27N3O3S. The van der Waals surface area contributed by atoms with Crippen LogP contribution in [-0.4, -0.2) is 62.3 Å². The molecule has 0 radical (unpaired) electrons. The molecule has 2 fully saturated rings. The van der Waals surface area contributed by atoms with E-state index in [9.17, 15) is 13.2 Å². The van der Waals surface area contributed by atoms with Gasteiger partial charge < -0.3 is 10.2 Å². The minimum atomic E-state index is -3.55. The monoisotopic (exact) mass is 365 g/mol. The van der Waals surface area contributed by atoms with E-state index in [0.717, 1.165) is 24.9 Å². The molecule has 0 bridgehead atoms. The fraction of sp³-hybridized carbons (Fsp3) is 0.611. The predicted octanol–water partition coefficient (Wildman–Crippen LogP) is 1.39. The van der Waals surface area contributed by atoms with Crippen molar-refractivity contribution in [3.63, 3.8) is 0 Å². The zero-order valence-electron chi connectivity index (χ0n) is 14.9. The third kappa shape index (κ3) is 3.73. The van der Waals surface area contributed by atoms with Crippen LogP contribution in [0.1, 0.15) is 38.2 Å². The first-order chi connectivity index (χ1) is 11.9. The highest BCUT2D eigenvalue weighted by Gasteiger charge is 2.36. The van der Waals surface area contributed by atoms with Crippen LogP contribution in [0, 0.1) is 0 Å². The maximum atomic E-state index is 13.2. The van der Waals surface area contributed by atoms with Crippen molar-refractivity contribution in [3.8, 4) is 0 Å². The Morgan fingerprint density at radius 1 is 1.20 bits per heavy atom. The molecule has 1 N–H and O–H groups in total. The van der Waals surface area contributed by atoms with Gasteiger partial charge in [0.05, 0.1) is 11.4 Å². The number of piperazine rings is 1. The van der Waals surface area contributed by atoms with E-state index in [1.54, 1.807) is 16.4 Å². The molecule has 1 aromatic rings. The van der Waals surface area contributed by atoms with Crippen LogP contribution >= 0.6 is 0 Å². The largest absolute Gasteiger partial charge is 0.336 e. The lowest BCUT2D eigenvalue weighted by Crippen LogP contribution is -2.57. The fourth-order valence-electron chi connectivity index (χ4n) is 3.73. The lowest BCUT2D eigenvalue weighted by molar-refractivity contribution is -0.135. The van der Waals surface area contributed by atoms with Crippen molar-refractivity contribution < 1.29 is 13.2 Å². The number of carbonyl (C=O) groups excluding carboxylic acids is 1. The summed E-state index contributed by atoms with van der Waals surface area (Å²) in [6.07, 6.45) is 1.65. The van der Waals surface area contributed by atoms with Gasteiger partial charge in [-0.05, 0) is 30.4 Å². The molecule has 6 nitrogen and oxygen atoms in total. The highest BCUT2D eigenvalue weighted by Crippen LogP contribution is 2.29. The number of hydrogen-bond acceptors (Lipinski definition) is 4. The predicted molar refractivity (Wildman–Crippen MR) is 96.9 cm³/mol. The Bertz CT molecular complexity index is 733. The van der Waals surface area contributed by atoms with Crippen molar-refractivity contribution in [1.82, 2.24) is 14.5 Å². The van der Waals surface area contributed by atoms with E-state index in [0.29, 0.717) is 31.1 Å². The van der Waals surface area contributed by atoms with Gasteiger partial charge in [-0.2, -0.15) is 4.31 Å². The Morgan fingerprint density at radius 2 is 1.96 bits per heavy atom. The van der Waals surface area contributed by atoms with Crippen LogP contribution in [0.25, 0.3) is 0 Å². The van der Waals surface area contributed by atoms with Crippen molar-refractivity contribution in [2.24, 2.45) is 0 Å². The SMILES string of the molecule is CC(C)c1ccccc1S(=O)(=O)N1CCCC(N2CCNCC2=O)C1. The number of sulfonamides is 1. The molecule has 1 unspecified atom stereocenters. The van der Waals surface area contributed by atoms with Crippen LogP contribution in [0.15, 0.2) is 29.2 Å². The molecule has 3 rings (SSSR count). The molecular weight excluding hydrogens is 338 g/mol. The van der Waals surface area contributed by atoms with Crippen LogP contribution in [0.3, 0.4) is 0 Å². The van der Waals surface area contributed by atoms with E-state index in [4.69, 9.17) is 0 Å². The molecule has 0 spiro atoms. The molecule has 2 heterocycles. The number of nitrogens with one attached hydrogen (secondary N) is 1. The van der Waals surface area contributed by atoms with Crippen LogP contribution in [0.2, 0.25) is 0 Å². The van der Waals surface area contributed by atoms with E-state index in [1.807, 2.05) is 30.9 Å². The Hall–Kier alpha value is -1.44. The highest BCUT2D eigenvalue weighted by atomic mass is 32.2. The number of hydrogen-bond donors (Lipinski definition) is 1. The summed E-state index contributed by atoms with van der Waals surface area (Å²) in [6.45, 7) is 6.69. The highest BCUT2D eigenvalue weighted by molar-refractivity contribution is 7.89. The summed E-state index contributed by atoms with van der Waals surface area (Å²) in [5, 5.41) is 3.07. The maximum absolute atomic E-state index is 13.2. The summed E-state index contributed by atoms with van der Waals surface area (Å²) in [7, 11) is -3.55. The molecule has 1 aromatic carbocycles. The standard InChI is InChI=1S/C18H27N3O3S/c1-14(2)16-7-3-4-8-17(16)25(23,24)20-10-5-6-15(13-20)21-11-9-19-12-18(21)22/h3-4,7-8,14-15,19H,5-6,9-13H2,1-2H3. The Labute approximate surface area is 150 Å². The minimum Gasteiger partial charge on any atom is -0.336 e. The molecule has 7 heteroatoms. The number of rotatable bonds is 4. The van der Waals surface area contributed by atoms with Gasteiger partial charge in [0.15, 0.2) is 0 Å². The summed E-state index contributed by atoms with van der Waals surface area (Å²) in [6, 6.07) is 7.22. The Kier molecular flexibility index (Phi) is 5.46. The second-order valence-corrected chi connectivity index (χ2v) is 9.02. The maximum Gasteiger partial charge on any atom is 0.243 e. The number of benzene rings is 1. The zero-order valence-corrected chi connectivity index (χ0v) is 15.8. The molecule has 0 aliphatic carbocycles. The smallest absolute Gasteiger partial charge is 0.243 e. The second kappa shape index (κ2) is 7.43. The second-order valence-electron chi connectivity index (χ2n) is 7.12. The Morgan fingerprint density at radius 3 is 2.68 bits per heavy atom. The third-order valence-electron chi connectivity index (χ3n) is 5.08. The molecule has 2 saturated heterocycles. The van der Waals surface area contributed by atoms with Crippen LogP contribution < -0.4 is 5.32 Å². The molecule has 2 aliphatic rings. The van der Waals surface area contributed by atoms with E-state index >= 15 is 0 Å².